The standard InChI is InChI=1S/C24H22N4O/c29-23-21-13-7-8-14-22(21)25-24(28(23)20-11-5-2-6-12-20)27-17-15-26(16-18-27)19-9-3-1-4-10-19/h1-14H,15-18H2. The molecule has 1 saturated heterocycles. The van der Waals surface area contributed by atoms with Gasteiger partial charge < -0.3 is 9.80 Å². The molecule has 0 unspecified atom stereocenters. The smallest absolute Gasteiger partial charge is 0.267 e. The highest BCUT2D eigenvalue weighted by Crippen LogP contribution is 2.22. The van der Waals surface area contributed by atoms with Gasteiger partial charge in [0.05, 0.1) is 16.6 Å². The molecule has 1 aliphatic rings. The first-order chi connectivity index (χ1) is 14.3. The van der Waals surface area contributed by atoms with Gasteiger partial charge in [-0.05, 0) is 36.4 Å². The van der Waals surface area contributed by atoms with Crippen LogP contribution in [0, 0.1) is 0 Å². The van der Waals surface area contributed by atoms with Crippen LogP contribution in [0.4, 0.5) is 11.6 Å². The van der Waals surface area contributed by atoms with E-state index in [4.69, 9.17) is 4.98 Å². The number of hydrogen-bond acceptors (Lipinski definition) is 4. The SMILES string of the molecule is O=c1c2ccccc2nc(N2CCN(c3ccccc3)CC2)n1-c1ccccc1. The van der Waals surface area contributed by atoms with Crippen molar-refractivity contribution in [2.24, 2.45) is 0 Å². The van der Waals surface area contributed by atoms with Gasteiger partial charge >= 0.3 is 0 Å². The monoisotopic (exact) mass is 382 g/mol. The van der Waals surface area contributed by atoms with Gasteiger partial charge in [0.25, 0.3) is 5.56 Å². The molecule has 29 heavy (non-hydrogen) atoms. The zero-order valence-electron chi connectivity index (χ0n) is 16.1. The Morgan fingerprint density at radius 1 is 0.621 bits per heavy atom. The van der Waals surface area contributed by atoms with Crippen LogP contribution in [0.15, 0.2) is 89.7 Å². The normalized spacial score (nSPS) is 14.3. The van der Waals surface area contributed by atoms with E-state index in [1.54, 1.807) is 4.57 Å². The lowest BCUT2D eigenvalue weighted by Crippen LogP contribution is -2.48. The third-order valence-corrected chi connectivity index (χ3v) is 5.46. The summed E-state index contributed by atoms with van der Waals surface area (Å²) >= 11 is 0. The molecule has 0 radical (unpaired) electrons. The highest BCUT2D eigenvalue weighted by molar-refractivity contribution is 5.79. The van der Waals surface area contributed by atoms with Gasteiger partial charge in [-0.2, -0.15) is 0 Å². The number of piperazine rings is 1. The fraction of sp³-hybridized carbons (Fsp3) is 0.167. The minimum absolute atomic E-state index is 0.0257. The topological polar surface area (TPSA) is 41.4 Å². The molecule has 2 heterocycles. The van der Waals surface area contributed by atoms with Gasteiger partial charge in [0.15, 0.2) is 0 Å². The first-order valence-corrected chi connectivity index (χ1v) is 9.93. The van der Waals surface area contributed by atoms with Crippen LogP contribution in [0.25, 0.3) is 16.6 Å². The largest absolute Gasteiger partial charge is 0.368 e. The van der Waals surface area contributed by atoms with E-state index in [1.165, 1.54) is 5.69 Å². The van der Waals surface area contributed by atoms with Crippen LogP contribution in [0.3, 0.4) is 0 Å². The number of hydrogen-bond donors (Lipinski definition) is 0. The highest BCUT2D eigenvalue weighted by atomic mass is 16.1. The number of fused-ring (bicyclic) bond motifs is 1. The molecule has 0 bridgehead atoms. The molecule has 144 valence electrons. The van der Waals surface area contributed by atoms with Gasteiger partial charge in [-0.15, -0.1) is 0 Å². The van der Waals surface area contributed by atoms with Gasteiger partial charge in [0.2, 0.25) is 5.95 Å². The molecule has 1 aliphatic heterocycles. The first-order valence-electron chi connectivity index (χ1n) is 9.93. The van der Waals surface area contributed by atoms with E-state index in [0.717, 1.165) is 37.4 Å². The van der Waals surface area contributed by atoms with Gasteiger partial charge in [0.1, 0.15) is 0 Å². The molecule has 1 aromatic heterocycles. The summed E-state index contributed by atoms with van der Waals surface area (Å²) in [5, 5.41) is 0.642. The Kier molecular flexibility index (Phi) is 4.48. The average molecular weight is 382 g/mol. The summed E-state index contributed by atoms with van der Waals surface area (Å²) in [5.74, 6) is 0.715. The molecule has 0 N–H and O–H groups in total. The number of nitrogens with zero attached hydrogens (tertiary/aromatic N) is 4. The minimum Gasteiger partial charge on any atom is -0.368 e. The Labute approximate surface area is 169 Å². The van der Waals surface area contributed by atoms with Crippen LogP contribution in [0.2, 0.25) is 0 Å². The lowest BCUT2D eigenvalue weighted by Gasteiger charge is -2.37. The Morgan fingerprint density at radius 2 is 1.17 bits per heavy atom. The first kappa shape index (κ1) is 17.5. The number of anilines is 2. The average Bonchev–Trinajstić information content (AvgIpc) is 2.80. The molecular weight excluding hydrogens is 360 g/mol. The maximum absolute atomic E-state index is 13.4. The van der Waals surface area contributed by atoms with E-state index < -0.39 is 0 Å². The Hall–Kier alpha value is -3.60. The summed E-state index contributed by atoms with van der Waals surface area (Å²) in [5.41, 5.74) is 2.79. The summed E-state index contributed by atoms with van der Waals surface area (Å²) in [7, 11) is 0. The molecule has 5 heteroatoms. The van der Waals surface area contributed by atoms with Crippen LogP contribution in [0.1, 0.15) is 0 Å². The fourth-order valence-corrected chi connectivity index (χ4v) is 3.95. The molecule has 0 amide bonds. The molecular formula is C24H22N4O. The lowest BCUT2D eigenvalue weighted by molar-refractivity contribution is 0.632. The quantitative estimate of drug-likeness (QED) is 0.542. The van der Waals surface area contributed by atoms with Crippen LogP contribution in [-0.2, 0) is 0 Å². The molecule has 0 saturated carbocycles. The van der Waals surface area contributed by atoms with E-state index in [0.29, 0.717) is 11.3 Å². The summed E-state index contributed by atoms with van der Waals surface area (Å²) in [6, 6.07) is 27.8. The van der Waals surface area contributed by atoms with E-state index in [-0.39, 0.29) is 5.56 Å². The van der Waals surface area contributed by atoms with Crippen LogP contribution < -0.4 is 15.4 Å². The van der Waals surface area contributed by atoms with E-state index in [1.807, 2.05) is 60.7 Å². The predicted octanol–water partition coefficient (Wildman–Crippen LogP) is 3.71. The van der Waals surface area contributed by atoms with E-state index in [9.17, 15) is 4.79 Å². The second-order valence-corrected chi connectivity index (χ2v) is 7.21. The molecule has 3 aromatic carbocycles. The summed E-state index contributed by atoms with van der Waals surface area (Å²) in [4.78, 5) is 22.9. The zero-order chi connectivity index (χ0) is 19.6. The molecule has 0 atom stereocenters. The van der Waals surface area contributed by atoms with Gasteiger partial charge in [0, 0.05) is 31.9 Å². The van der Waals surface area contributed by atoms with E-state index in [2.05, 4.69) is 34.1 Å². The second kappa shape index (κ2) is 7.43. The number of benzene rings is 3. The molecule has 1 fully saturated rings. The molecule has 5 nitrogen and oxygen atoms in total. The minimum atomic E-state index is -0.0257. The fourth-order valence-electron chi connectivity index (χ4n) is 3.95. The number of rotatable bonds is 3. The van der Waals surface area contributed by atoms with Crippen molar-refractivity contribution in [1.29, 1.82) is 0 Å². The maximum Gasteiger partial charge on any atom is 0.267 e. The van der Waals surface area contributed by atoms with Gasteiger partial charge in [-0.1, -0.05) is 48.5 Å². The maximum atomic E-state index is 13.4. The van der Waals surface area contributed by atoms with Crippen molar-refractivity contribution in [1.82, 2.24) is 9.55 Å². The van der Waals surface area contributed by atoms with Gasteiger partial charge in [-0.25, -0.2) is 9.55 Å². The molecule has 5 rings (SSSR count). The highest BCUT2D eigenvalue weighted by Gasteiger charge is 2.23. The van der Waals surface area contributed by atoms with Crippen molar-refractivity contribution in [3.63, 3.8) is 0 Å². The van der Waals surface area contributed by atoms with Crippen molar-refractivity contribution < 1.29 is 0 Å². The van der Waals surface area contributed by atoms with Crippen LogP contribution in [0.5, 0.6) is 0 Å². The van der Waals surface area contributed by atoms with Crippen molar-refractivity contribution >= 4 is 22.5 Å². The van der Waals surface area contributed by atoms with E-state index >= 15 is 0 Å². The number of para-hydroxylation sites is 3. The lowest BCUT2D eigenvalue weighted by atomic mass is 10.2. The van der Waals surface area contributed by atoms with Gasteiger partial charge in [-0.3, -0.25) is 4.79 Å². The van der Waals surface area contributed by atoms with Crippen molar-refractivity contribution in [3.8, 4) is 5.69 Å². The predicted molar refractivity (Wildman–Crippen MR) is 118 cm³/mol. The third-order valence-electron chi connectivity index (χ3n) is 5.46. The second-order valence-electron chi connectivity index (χ2n) is 7.21. The zero-order valence-corrected chi connectivity index (χ0v) is 16.1. The van der Waals surface area contributed by atoms with Crippen molar-refractivity contribution in [2.45, 2.75) is 0 Å². The van der Waals surface area contributed by atoms with Crippen LogP contribution >= 0.6 is 0 Å². The molecule has 4 aromatic rings. The Bertz CT molecular complexity index is 1180. The Balaban J connectivity index is 1.55. The van der Waals surface area contributed by atoms with Crippen molar-refractivity contribution in [3.05, 3.63) is 95.3 Å². The number of aromatic nitrogens is 2. The summed E-state index contributed by atoms with van der Waals surface area (Å²) in [6.07, 6.45) is 0. The molecule has 0 aliphatic carbocycles. The summed E-state index contributed by atoms with van der Waals surface area (Å²) < 4.78 is 1.75. The van der Waals surface area contributed by atoms with Crippen molar-refractivity contribution in [2.75, 3.05) is 36.0 Å². The summed E-state index contributed by atoms with van der Waals surface area (Å²) in [6.45, 7) is 3.40. The molecule has 0 spiro atoms. The Morgan fingerprint density at radius 3 is 1.86 bits per heavy atom. The van der Waals surface area contributed by atoms with Crippen LogP contribution in [-0.4, -0.2) is 35.7 Å². The third kappa shape index (κ3) is 3.25.